The number of aromatic nitrogens is 1. The zero-order valence-electron chi connectivity index (χ0n) is 16.5. The number of carbonyl (C=O) groups is 3. The lowest BCUT2D eigenvalue weighted by Crippen LogP contribution is -2.26. The molecule has 0 saturated carbocycles. The SMILES string of the molecule is CC(=O)c1cccc(NC(=O)c2ccnc(C(=O)NCCC3=CCCCC3)c2)c1. The van der Waals surface area contributed by atoms with Gasteiger partial charge in [0.05, 0.1) is 0 Å². The van der Waals surface area contributed by atoms with Crippen LogP contribution in [0.25, 0.3) is 0 Å². The molecule has 1 aromatic heterocycles. The molecule has 3 rings (SSSR count). The van der Waals surface area contributed by atoms with Crippen molar-refractivity contribution in [2.24, 2.45) is 0 Å². The van der Waals surface area contributed by atoms with Gasteiger partial charge >= 0.3 is 0 Å². The molecule has 2 aromatic rings. The smallest absolute Gasteiger partial charge is 0.269 e. The summed E-state index contributed by atoms with van der Waals surface area (Å²) in [7, 11) is 0. The monoisotopic (exact) mass is 391 g/mol. The highest BCUT2D eigenvalue weighted by molar-refractivity contribution is 6.06. The number of anilines is 1. The van der Waals surface area contributed by atoms with Crippen LogP contribution in [-0.4, -0.2) is 29.1 Å². The van der Waals surface area contributed by atoms with Crippen molar-refractivity contribution in [3.63, 3.8) is 0 Å². The van der Waals surface area contributed by atoms with Gasteiger partial charge in [-0.2, -0.15) is 0 Å². The fourth-order valence-corrected chi connectivity index (χ4v) is 3.27. The average molecular weight is 391 g/mol. The summed E-state index contributed by atoms with van der Waals surface area (Å²) in [6, 6.07) is 9.75. The number of Topliss-reactive ketones (excluding diaryl/α,β-unsaturated/α-hetero) is 1. The maximum Gasteiger partial charge on any atom is 0.269 e. The number of hydrogen-bond acceptors (Lipinski definition) is 4. The molecule has 6 nitrogen and oxygen atoms in total. The first kappa shape index (κ1) is 20.5. The van der Waals surface area contributed by atoms with Gasteiger partial charge in [0, 0.05) is 29.6 Å². The summed E-state index contributed by atoms with van der Waals surface area (Å²) in [5.74, 6) is -0.739. The molecule has 150 valence electrons. The fourth-order valence-electron chi connectivity index (χ4n) is 3.27. The van der Waals surface area contributed by atoms with Crippen molar-refractivity contribution in [2.45, 2.75) is 39.0 Å². The van der Waals surface area contributed by atoms with E-state index in [0.29, 0.717) is 23.4 Å². The highest BCUT2D eigenvalue weighted by Gasteiger charge is 2.13. The molecule has 0 bridgehead atoms. The van der Waals surface area contributed by atoms with Gasteiger partial charge in [0.2, 0.25) is 0 Å². The van der Waals surface area contributed by atoms with Gasteiger partial charge in [0.25, 0.3) is 11.8 Å². The largest absolute Gasteiger partial charge is 0.350 e. The Hall–Kier alpha value is -3.28. The first-order valence-corrected chi connectivity index (χ1v) is 9.87. The van der Waals surface area contributed by atoms with E-state index in [2.05, 4.69) is 21.7 Å². The molecule has 0 saturated heterocycles. The van der Waals surface area contributed by atoms with Crippen molar-refractivity contribution < 1.29 is 14.4 Å². The number of amides is 2. The quantitative estimate of drug-likeness (QED) is 0.548. The molecular weight excluding hydrogens is 366 g/mol. The molecule has 0 radical (unpaired) electrons. The van der Waals surface area contributed by atoms with E-state index >= 15 is 0 Å². The molecule has 2 N–H and O–H groups in total. The zero-order valence-corrected chi connectivity index (χ0v) is 16.5. The molecule has 0 aliphatic heterocycles. The van der Waals surface area contributed by atoms with Crippen LogP contribution in [0.1, 0.15) is 70.2 Å². The Morgan fingerprint density at radius 2 is 1.90 bits per heavy atom. The molecule has 0 unspecified atom stereocenters. The topological polar surface area (TPSA) is 88.2 Å². The second kappa shape index (κ2) is 9.78. The molecule has 0 spiro atoms. The van der Waals surface area contributed by atoms with Crippen LogP contribution in [0.2, 0.25) is 0 Å². The molecule has 29 heavy (non-hydrogen) atoms. The predicted molar refractivity (Wildman–Crippen MR) is 112 cm³/mol. The average Bonchev–Trinajstić information content (AvgIpc) is 2.74. The van der Waals surface area contributed by atoms with Crippen LogP contribution in [0.5, 0.6) is 0 Å². The van der Waals surface area contributed by atoms with Gasteiger partial charge in [-0.15, -0.1) is 0 Å². The summed E-state index contributed by atoms with van der Waals surface area (Å²) in [4.78, 5) is 40.5. The highest BCUT2D eigenvalue weighted by atomic mass is 16.2. The third kappa shape index (κ3) is 5.85. The number of nitrogens with one attached hydrogen (secondary N) is 2. The van der Waals surface area contributed by atoms with Crippen LogP contribution in [0.15, 0.2) is 54.2 Å². The second-order valence-electron chi connectivity index (χ2n) is 7.13. The molecule has 6 heteroatoms. The number of benzene rings is 1. The van der Waals surface area contributed by atoms with E-state index in [1.54, 1.807) is 30.3 Å². The van der Waals surface area contributed by atoms with Crippen LogP contribution >= 0.6 is 0 Å². The zero-order chi connectivity index (χ0) is 20.6. The number of carbonyl (C=O) groups excluding carboxylic acids is 3. The van der Waals surface area contributed by atoms with Crippen molar-refractivity contribution in [3.8, 4) is 0 Å². The normalized spacial score (nSPS) is 13.3. The molecule has 1 aliphatic carbocycles. The maximum absolute atomic E-state index is 12.5. The Morgan fingerprint density at radius 3 is 2.66 bits per heavy atom. The van der Waals surface area contributed by atoms with Gasteiger partial charge < -0.3 is 10.6 Å². The lowest BCUT2D eigenvalue weighted by Gasteiger charge is -2.13. The van der Waals surface area contributed by atoms with Crippen LogP contribution in [0.4, 0.5) is 5.69 Å². The standard InChI is InChI=1S/C23H25N3O3/c1-16(27)18-8-5-9-20(14-18)26-22(28)19-11-13-24-21(15-19)23(29)25-12-10-17-6-3-2-4-7-17/h5-6,8-9,11,13-15H,2-4,7,10,12H2,1H3,(H,25,29)(H,26,28). The third-order valence-electron chi connectivity index (χ3n) is 4.90. The number of allylic oxidation sites excluding steroid dienone is 1. The van der Waals surface area contributed by atoms with E-state index in [1.165, 1.54) is 37.6 Å². The van der Waals surface area contributed by atoms with Gasteiger partial charge in [0.1, 0.15) is 5.69 Å². The van der Waals surface area contributed by atoms with E-state index in [0.717, 1.165) is 19.3 Å². The first-order valence-electron chi connectivity index (χ1n) is 9.87. The lowest BCUT2D eigenvalue weighted by atomic mass is 9.97. The Kier molecular flexibility index (Phi) is 6.89. The van der Waals surface area contributed by atoms with Gasteiger partial charge in [0.15, 0.2) is 5.78 Å². The van der Waals surface area contributed by atoms with Gasteiger partial charge in [-0.25, -0.2) is 0 Å². The Balaban J connectivity index is 1.60. The van der Waals surface area contributed by atoms with Crippen molar-refractivity contribution in [1.82, 2.24) is 10.3 Å². The third-order valence-corrected chi connectivity index (χ3v) is 4.90. The first-order chi connectivity index (χ1) is 14.0. The highest BCUT2D eigenvalue weighted by Crippen LogP contribution is 2.19. The van der Waals surface area contributed by atoms with E-state index < -0.39 is 0 Å². The molecule has 0 atom stereocenters. The lowest BCUT2D eigenvalue weighted by molar-refractivity contribution is 0.0948. The number of ketones is 1. The number of rotatable bonds is 7. The number of hydrogen-bond donors (Lipinski definition) is 2. The minimum atomic E-state index is -0.366. The summed E-state index contributed by atoms with van der Waals surface area (Å²) >= 11 is 0. The number of pyridine rings is 1. The van der Waals surface area contributed by atoms with E-state index in [9.17, 15) is 14.4 Å². The Labute approximate surface area is 170 Å². The van der Waals surface area contributed by atoms with Gasteiger partial charge in [-0.05, 0) is 63.3 Å². The molecule has 1 heterocycles. The Bertz CT molecular complexity index is 950. The summed E-state index contributed by atoms with van der Waals surface area (Å²) in [6.07, 6.45) is 9.24. The maximum atomic E-state index is 12.5. The fraction of sp³-hybridized carbons (Fsp3) is 0.304. The predicted octanol–water partition coefficient (Wildman–Crippen LogP) is 4.16. The van der Waals surface area contributed by atoms with Crippen LogP contribution in [0, 0.1) is 0 Å². The summed E-state index contributed by atoms with van der Waals surface area (Å²) in [5.41, 5.74) is 2.96. The summed E-state index contributed by atoms with van der Waals surface area (Å²) in [5, 5.41) is 5.62. The van der Waals surface area contributed by atoms with Crippen molar-refractivity contribution in [2.75, 3.05) is 11.9 Å². The number of nitrogens with zero attached hydrogens (tertiary/aromatic N) is 1. The molecular formula is C23H25N3O3. The molecule has 0 fully saturated rings. The van der Waals surface area contributed by atoms with Crippen molar-refractivity contribution >= 4 is 23.3 Å². The minimum absolute atomic E-state index is 0.0760. The summed E-state index contributed by atoms with van der Waals surface area (Å²) < 4.78 is 0. The van der Waals surface area contributed by atoms with Crippen molar-refractivity contribution in [3.05, 3.63) is 71.1 Å². The van der Waals surface area contributed by atoms with Gasteiger partial charge in [-0.3, -0.25) is 19.4 Å². The Morgan fingerprint density at radius 1 is 1.03 bits per heavy atom. The van der Waals surface area contributed by atoms with Gasteiger partial charge in [-0.1, -0.05) is 23.8 Å². The van der Waals surface area contributed by atoms with E-state index in [1.807, 2.05) is 0 Å². The van der Waals surface area contributed by atoms with Crippen molar-refractivity contribution in [1.29, 1.82) is 0 Å². The molecule has 1 aromatic carbocycles. The van der Waals surface area contributed by atoms with Crippen LogP contribution in [-0.2, 0) is 0 Å². The van der Waals surface area contributed by atoms with E-state index in [4.69, 9.17) is 0 Å². The molecule has 2 amide bonds. The van der Waals surface area contributed by atoms with E-state index in [-0.39, 0.29) is 23.3 Å². The van der Waals surface area contributed by atoms with Crippen LogP contribution < -0.4 is 10.6 Å². The summed E-state index contributed by atoms with van der Waals surface area (Å²) in [6.45, 7) is 2.03. The minimum Gasteiger partial charge on any atom is -0.350 e. The molecule has 1 aliphatic rings. The van der Waals surface area contributed by atoms with Crippen LogP contribution in [0.3, 0.4) is 0 Å². The second-order valence-corrected chi connectivity index (χ2v) is 7.13.